The van der Waals surface area contributed by atoms with Crippen LogP contribution in [0.4, 0.5) is 5.69 Å². The van der Waals surface area contributed by atoms with E-state index in [2.05, 4.69) is 11.4 Å². The zero-order valence-electron chi connectivity index (χ0n) is 19.1. The molecule has 1 saturated heterocycles. The number of ether oxygens (including phenoxy) is 2. The van der Waals surface area contributed by atoms with Crippen LogP contribution >= 0.6 is 0 Å². The van der Waals surface area contributed by atoms with E-state index in [1.165, 1.54) is 0 Å². The summed E-state index contributed by atoms with van der Waals surface area (Å²) in [5.74, 6) is 0.843. The van der Waals surface area contributed by atoms with E-state index < -0.39 is 6.10 Å². The van der Waals surface area contributed by atoms with Crippen molar-refractivity contribution in [3.8, 4) is 11.5 Å². The largest absolute Gasteiger partial charge is 0.492 e. The van der Waals surface area contributed by atoms with Crippen LogP contribution in [-0.4, -0.2) is 48.3 Å². The third-order valence-electron chi connectivity index (χ3n) is 7.08. The summed E-state index contributed by atoms with van der Waals surface area (Å²) < 4.78 is 11.4. The molecule has 0 saturated carbocycles. The second-order valence-electron chi connectivity index (χ2n) is 9.26. The minimum Gasteiger partial charge on any atom is -0.492 e. The number of Topliss-reactive ketones (excluding diaryl/α,β-unsaturated/α-hetero) is 1. The highest BCUT2D eigenvalue weighted by molar-refractivity contribution is 6.02. The second-order valence-corrected chi connectivity index (χ2v) is 9.26. The number of benzene rings is 2. The highest BCUT2D eigenvalue weighted by atomic mass is 16.5. The summed E-state index contributed by atoms with van der Waals surface area (Å²) in [6, 6.07) is 9.25. The molecule has 1 fully saturated rings. The number of carbonyl (C=O) groups excluding carboxylic acids is 3. The van der Waals surface area contributed by atoms with E-state index in [4.69, 9.17) is 9.47 Å². The van der Waals surface area contributed by atoms with Gasteiger partial charge in [0.15, 0.2) is 11.9 Å². The van der Waals surface area contributed by atoms with Crippen molar-refractivity contribution in [1.29, 1.82) is 0 Å². The summed E-state index contributed by atoms with van der Waals surface area (Å²) in [5, 5.41) is 2.80. The number of fused-ring (bicyclic) bond motifs is 2. The van der Waals surface area contributed by atoms with Gasteiger partial charge in [-0.1, -0.05) is 6.07 Å². The van der Waals surface area contributed by atoms with Gasteiger partial charge in [-0.3, -0.25) is 14.4 Å². The molecule has 3 heterocycles. The van der Waals surface area contributed by atoms with Crippen molar-refractivity contribution in [2.75, 3.05) is 25.0 Å². The van der Waals surface area contributed by atoms with Crippen LogP contribution in [0.1, 0.15) is 52.7 Å². The summed E-state index contributed by atoms with van der Waals surface area (Å²) in [6.45, 7) is 7.25. The van der Waals surface area contributed by atoms with Gasteiger partial charge in [0.1, 0.15) is 24.0 Å². The average molecular weight is 449 g/mol. The third-order valence-corrected chi connectivity index (χ3v) is 7.08. The van der Waals surface area contributed by atoms with E-state index in [0.717, 1.165) is 22.4 Å². The highest BCUT2D eigenvalue weighted by Crippen LogP contribution is 2.38. The number of ketones is 1. The van der Waals surface area contributed by atoms with E-state index in [9.17, 15) is 14.4 Å². The predicted molar refractivity (Wildman–Crippen MR) is 123 cm³/mol. The summed E-state index contributed by atoms with van der Waals surface area (Å²) in [7, 11) is 0. The first kappa shape index (κ1) is 21.5. The van der Waals surface area contributed by atoms with E-state index in [1.807, 2.05) is 24.8 Å². The Balaban J connectivity index is 1.24. The number of nitrogens with one attached hydrogen (secondary N) is 1. The number of aryl methyl sites for hydroxylation is 2. The fourth-order valence-corrected chi connectivity index (χ4v) is 4.86. The molecular formula is C26H28N2O5. The second kappa shape index (κ2) is 8.21. The van der Waals surface area contributed by atoms with Crippen LogP contribution in [0.25, 0.3) is 0 Å². The van der Waals surface area contributed by atoms with Crippen molar-refractivity contribution in [2.24, 2.45) is 5.92 Å². The van der Waals surface area contributed by atoms with Gasteiger partial charge in [0.05, 0.1) is 5.69 Å². The molecule has 7 heteroatoms. The lowest BCUT2D eigenvalue weighted by Crippen LogP contribution is -2.43. The standard InChI is InChI=1S/C26H28N2O5/c1-14-10-19-20(13-32-23(19)11-15(14)2)26(31)28-8-6-17(7-9-28)24(29)18-4-5-22-21(12-18)27-25(30)16(3)33-22/h4-5,10-12,16-17,20H,6-9,13H2,1-3H3,(H,27,30). The Kier molecular flexibility index (Phi) is 5.35. The normalized spacial score (nSPS) is 22.0. The smallest absolute Gasteiger partial charge is 0.265 e. The van der Waals surface area contributed by atoms with E-state index in [-0.39, 0.29) is 29.4 Å². The molecule has 1 N–H and O–H groups in total. The van der Waals surface area contributed by atoms with E-state index in [0.29, 0.717) is 49.5 Å². The summed E-state index contributed by atoms with van der Waals surface area (Å²) in [6.07, 6.45) is 0.690. The van der Waals surface area contributed by atoms with Crippen molar-refractivity contribution in [2.45, 2.75) is 45.6 Å². The number of nitrogens with zero attached hydrogens (tertiary/aromatic N) is 1. The molecular weight excluding hydrogens is 420 g/mol. The van der Waals surface area contributed by atoms with Crippen LogP contribution in [0.2, 0.25) is 0 Å². The molecule has 33 heavy (non-hydrogen) atoms. The zero-order chi connectivity index (χ0) is 23.3. The number of rotatable bonds is 3. The Morgan fingerprint density at radius 3 is 2.52 bits per heavy atom. The molecule has 5 rings (SSSR count). The molecule has 2 unspecified atom stereocenters. The fraction of sp³-hybridized carbons (Fsp3) is 0.423. The minimum absolute atomic E-state index is 0.0402. The summed E-state index contributed by atoms with van der Waals surface area (Å²) >= 11 is 0. The molecule has 172 valence electrons. The first-order valence-electron chi connectivity index (χ1n) is 11.5. The SMILES string of the molecule is Cc1cc2c(cc1C)C(C(=O)N1CCC(C(=O)c3ccc4c(c3)NC(=O)C(C)O4)CC1)CO2. The monoisotopic (exact) mass is 448 g/mol. The van der Waals surface area contributed by atoms with Gasteiger partial charge in [-0.2, -0.15) is 0 Å². The summed E-state index contributed by atoms with van der Waals surface area (Å²) in [5.41, 5.74) is 4.36. The van der Waals surface area contributed by atoms with E-state index in [1.54, 1.807) is 25.1 Å². The van der Waals surface area contributed by atoms with Crippen molar-refractivity contribution in [3.63, 3.8) is 0 Å². The molecule has 3 aliphatic rings. The van der Waals surface area contributed by atoms with Crippen LogP contribution in [0.15, 0.2) is 30.3 Å². The van der Waals surface area contributed by atoms with E-state index >= 15 is 0 Å². The third kappa shape index (κ3) is 3.86. The molecule has 7 nitrogen and oxygen atoms in total. The molecule has 3 aliphatic heterocycles. The molecule has 0 radical (unpaired) electrons. The molecule has 2 aromatic rings. The Morgan fingerprint density at radius 1 is 1.03 bits per heavy atom. The fourth-order valence-electron chi connectivity index (χ4n) is 4.86. The predicted octanol–water partition coefficient (Wildman–Crippen LogP) is 3.62. The Bertz CT molecular complexity index is 1150. The molecule has 2 aromatic carbocycles. The minimum atomic E-state index is -0.550. The maximum Gasteiger partial charge on any atom is 0.265 e. The molecule has 0 aromatic heterocycles. The lowest BCUT2D eigenvalue weighted by Gasteiger charge is -2.33. The van der Waals surface area contributed by atoms with Gasteiger partial charge in [-0.15, -0.1) is 0 Å². The number of carbonyl (C=O) groups is 3. The Morgan fingerprint density at radius 2 is 1.76 bits per heavy atom. The molecule has 0 aliphatic carbocycles. The lowest BCUT2D eigenvalue weighted by atomic mass is 9.87. The lowest BCUT2D eigenvalue weighted by molar-refractivity contribution is -0.134. The van der Waals surface area contributed by atoms with Crippen LogP contribution in [0.5, 0.6) is 11.5 Å². The quantitative estimate of drug-likeness (QED) is 0.725. The first-order chi connectivity index (χ1) is 15.8. The van der Waals surface area contributed by atoms with Gasteiger partial charge in [-0.05, 0) is 69.0 Å². The number of likely N-dealkylation sites (tertiary alicyclic amines) is 1. The number of hydrogen-bond donors (Lipinski definition) is 1. The maximum absolute atomic E-state index is 13.2. The summed E-state index contributed by atoms with van der Waals surface area (Å²) in [4.78, 5) is 40.1. The van der Waals surface area contributed by atoms with Gasteiger partial charge in [0.2, 0.25) is 5.91 Å². The zero-order valence-corrected chi connectivity index (χ0v) is 19.1. The number of amides is 2. The molecule has 2 amide bonds. The van der Waals surface area contributed by atoms with Gasteiger partial charge in [0, 0.05) is 30.1 Å². The Labute approximate surface area is 193 Å². The topological polar surface area (TPSA) is 84.9 Å². The van der Waals surface area contributed by atoms with Gasteiger partial charge in [-0.25, -0.2) is 0 Å². The van der Waals surface area contributed by atoms with Crippen LogP contribution in [0.3, 0.4) is 0 Å². The van der Waals surface area contributed by atoms with Gasteiger partial charge in [0.25, 0.3) is 5.91 Å². The number of anilines is 1. The van der Waals surface area contributed by atoms with Crippen molar-refractivity contribution in [3.05, 3.63) is 52.6 Å². The van der Waals surface area contributed by atoms with Crippen LogP contribution in [-0.2, 0) is 9.59 Å². The van der Waals surface area contributed by atoms with Gasteiger partial charge >= 0.3 is 0 Å². The maximum atomic E-state index is 13.2. The Hall–Kier alpha value is -3.35. The van der Waals surface area contributed by atoms with Crippen molar-refractivity contribution >= 4 is 23.3 Å². The molecule has 0 bridgehead atoms. The number of hydrogen-bond acceptors (Lipinski definition) is 5. The number of piperidine rings is 1. The van der Waals surface area contributed by atoms with Gasteiger partial charge < -0.3 is 19.7 Å². The molecule has 2 atom stereocenters. The highest BCUT2D eigenvalue weighted by Gasteiger charge is 2.36. The van der Waals surface area contributed by atoms with Crippen LogP contribution < -0.4 is 14.8 Å². The first-order valence-corrected chi connectivity index (χ1v) is 11.5. The van der Waals surface area contributed by atoms with Crippen molar-refractivity contribution in [1.82, 2.24) is 4.90 Å². The van der Waals surface area contributed by atoms with Crippen LogP contribution in [0, 0.1) is 19.8 Å². The average Bonchev–Trinajstić information content (AvgIpc) is 3.21. The molecule has 0 spiro atoms. The van der Waals surface area contributed by atoms with Crippen molar-refractivity contribution < 1.29 is 23.9 Å².